The van der Waals surface area contributed by atoms with Gasteiger partial charge in [-0.25, -0.2) is 4.98 Å². The van der Waals surface area contributed by atoms with E-state index in [4.69, 9.17) is 0 Å². The molecular formula is C25H31N5OS. The lowest BCUT2D eigenvalue weighted by atomic mass is 10.1. The van der Waals surface area contributed by atoms with Gasteiger partial charge in [-0.1, -0.05) is 12.1 Å². The molecule has 7 heteroatoms. The van der Waals surface area contributed by atoms with Crippen molar-refractivity contribution < 1.29 is 4.79 Å². The molecule has 3 N–H and O–H groups in total. The highest BCUT2D eigenvalue weighted by atomic mass is 32.1. The highest BCUT2D eigenvalue weighted by Gasteiger charge is 2.32. The number of nitrogens with one attached hydrogen (secondary N) is 3. The third-order valence-corrected chi connectivity index (χ3v) is 7.57. The van der Waals surface area contributed by atoms with Crippen LogP contribution in [0.25, 0.3) is 10.2 Å². The van der Waals surface area contributed by atoms with Crippen LogP contribution in [-0.2, 0) is 6.42 Å². The minimum absolute atomic E-state index is 0.0329. The fourth-order valence-electron chi connectivity index (χ4n) is 4.86. The van der Waals surface area contributed by atoms with Crippen LogP contribution in [0.15, 0.2) is 36.4 Å². The van der Waals surface area contributed by atoms with Gasteiger partial charge >= 0.3 is 0 Å². The standard InChI is InChI=1S/C25H31N5OS/c1-3-26-22-21-11-4-16(2)28-25(21)32-23(22)24(31)27-13-12-17-5-9-20(10-6-17)30-14-18-7-8-19(15-30)29-18/h4-6,9-11,18-19,26,29H,3,7-8,12-15H2,1-2H3,(H,27,31)/t18-,19+. The van der Waals surface area contributed by atoms with Crippen LogP contribution in [-0.4, -0.2) is 49.2 Å². The Balaban J connectivity index is 1.20. The average molecular weight is 450 g/mol. The number of carbonyl (C=O) groups is 1. The topological polar surface area (TPSA) is 69.3 Å². The summed E-state index contributed by atoms with van der Waals surface area (Å²) in [7, 11) is 0. The third kappa shape index (κ3) is 4.32. The minimum atomic E-state index is -0.0329. The monoisotopic (exact) mass is 449 g/mol. The Morgan fingerprint density at radius 2 is 1.91 bits per heavy atom. The van der Waals surface area contributed by atoms with Crippen molar-refractivity contribution in [2.75, 3.05) is 36.4 Å². The van der Waals surface area contributed by atoms with Gasteiger partial charge in [0.2, 0.25) is 0 Å². The third-order valence-electron chi connectivity index (χ3n) is 6.47. The molecular weight excluding hydrogens is 418 g/mol. The summed E-state index contributed by atoms with van der Waals surface area (Å²) in [4.78, 5) is 21.7. The summed E-state index contributed by atoms with van der Waals surface area (Å²) in [5.41, 5.74) is 4.41. The van der Waals surface area contributed by atoms with Crippen LogP contribution in [0.1, 0.15) is 40.7 Å². The normalized spacial score (nSPS) is 20.0. The van der Waals surface area contributed by atoms with Gasteiger partial charge in [-0.2, -0.15) is 0 Å². The molecule has 0 unspecified atom stereocenters. The number of fused-ring (bicyclic) bond motifs is 3. The zero-order valence-corrected chi connectivity index (χ0v) is 19.6. The lowest BCUT2D eigenvalue weighted by Crippen LogP contribution is -2.51. The molecule has 0 radical (unpaired) electrons. The van der Waals surface area contributed by atoms with Crippen LogP contribution in [0.4, 0.5) is 11.4 Å². The minimum Gasteiger partial charge on any atom is -0.383 e. The number of rotatable bonds is 7. The molecule has 2 atom stereocenters. The maximum absolute atomic E-state index is 12.9. The summed E-state index contributed by atoms with van der Waals surface area (Å²) >= 11 is 1.46. The first kappa shape index (κ1) is 21.2. The highest BCUT2D eigenvalue weighted by Crippen LogP contribution is 2.35. The van der Waals surface area contributed by atoms with Crippen molar-refractivity contribution in [3.63, 3.8) is 0 Å². The van der Waals surface area contributed by atoms with E-state index in [9.17, 15) is 4.79 Å². The van der Waals surface area contributed by atoms with E-state index in [2.05, 4.69) is 50.1 Å². The lowest BCUT2D eigenvalue weighted by molar-refractivity contribution is 0.0959. The number of thiophene rings is 1. The quantitative estimate of drug-likeness (QED) is 0.510. The summed E-state index contributed by atoms with van der Waals surface area (Å²) in [6, 6.07) is 14.2. The molecule has 3 aromatic rings. The van der Waals surface area contributed by atoms with Gasteiger partial charge in [-0.15, -0.1) is 11.3 Å². The highest BCUT2D eigenvalue weighted by molar-refractivity contribution is 7.21. The second kappa shape index (κ2) is 9.08. The smallest absolute Gasteiger partial charge is 0.263 e. The number of nitrogens with zero attached hydrogens (tertiary/aromatic N) is 2. The summed E-state index contributed by atoms with van der Waals surface area (Å²) in [5.74, 6) is -0.0329. The number of pyridine rings is 1. The molecule has 2 bridgehead atoms. The van der Waals surface area contributed by atoms with E-state index >= 15 is 0 Å². The largest absolute Gasteiger partial charge is 0.383 e. The molecule has 2 aliphatic rings. The Morgan fingerprint density at radius 1 is 1.16 bits per heavy atom. The number of aryl methyl sites for hydroxylation is 1. The van der Waals surface area contributed by atoms with Gasteiger partial charge in [0.15, 0.2) is 0 Å². The molecule has 32 heavy (non-hydrogen) atoms. The van der Waals surface area contributed by atoms with E-state index in [0.717, 1.165) is 47.7 Å². The van der Waals surface area contributed by atoms with Crippen LogP contribution in [0.2, 0.25) is 0 Å². The average Bonchev–Trinajstić information content (AvgIpc) is 3.33. The fraction of sp³-hybridized carbons (Fsp3) is 0.440. The van der Waals surface area contributed by atoms with Crippen molar-refractivity contribution in [3.8, 4) is 0 Å². The van der Waals surface area contributed by atoms with Crippen LogP contribution in [0, 0.1) is 6.92 Å². The molecule has 0 saturated carbocycles. The Bertz CT molecular complexity index is 1100. The zero-order chi connectivity index (χ0) is 22.1. The number of aromatic nitrogens is 1. The lowest BCUT2D eigenvalue weighted by Gasteiger charge is -2.34. The maximum atomic E-state index is 12.9. The van der Waals surface area contributed by atoms with Crippen molar-refractivity contribution in [2.45, 2.75) is 45.2 Å². The van der Waals surface area contributed by atoms with E-state index < -0.39 is 0 Å². The van der Waals surface area contributed by atoms with Crippen LogP contribution in [0.5, 0.6) is 0 Å². The molecule has 0 aliphatic carbocycles. The number of carbonyl (C=O) groups excluding carboxylic acids is 1. The number of hydrogen-bond donors (Lipinski definition) is 3. The first-order chi connectivity index (χ1) is 15.6. The van der Waals surface area contributed by atoms with E-state index in [1.165, 1.54) is 35.4 Å². The number of amides is 1. The predicted molar refractivity (Wildman–Crippen MR) is 133 cm³/mol. The molecule has 4 heterocycles. The Hall–Kier alpha value is -2.64. The molecule has 6 nitrogen and oxygen atoms in total. The van der Waals surface area contributed by atoms with Gasteiger partial charge < -0.3 is 20.9 Å². The van der Waals surface area contributed by atoms with Gasteiger partial charge in [-0.05, 0) is 62.9 Å². The Kier molecular flexibility index (Phi) is 6.02. The number of anilines is 2. The molecule has 2 aliphatic heterocycles. The fourth-order valence-corrected chi connectivity index (χ4v) is 5.98. The van der Waals surface area contributed by atoms with Gasteiger partial charge in [-0.3, -0.25) is 4.79 Å². The summed E-state index contributed by atoms with van der Waals surface area (Å²) in [6.07, 6.45) is 3.41. The maximum Gasteiger partial charge on any atom is 0.263 e. The van der Waals surface area contributed by atoms with Crippen molar-refractivity contribution >= 4 is 38.8 Å². The van der Waals surface area contributed by atoms with Gasteiger partial charge in [0.25, 0.3) is 5.91 Å². The van der Waals surface area contributed by atoms with Gasteiger partial charge in [0.1, 0.15) is 9.71 Å². The van der Waals surface area contributed by atoms with Crippen LogP contribution in [0.3, 0.4) is 0 Å². The molecule has 0 spiro atoms. The number of hydrogen-bond acceptors (Lipinski definition) is 6. The van der Waals surface area contributed by atoms with Crippen LogP contribution >= 0.6 is 11.3 Å². The molecule has 2 fully saturated rings. The molecule has 1 aromatic carbocycles. The van der Waals surface area contributed by atoms with Crippen molar-refractivity contribution in [1.29, 1.82) is 0 Å². The molecule has 168 valence electrons. The Morgan fingerprint density at radius 3 is 2.62 bits per heavy atom. The second-order valence-electron chi connectivity index (χ2n) is 8.86. The first-order valence-electron chi connectivity index (χ1n) is 11.6. The van der Waals surface area contributed by atoms with Crippen LogP contribution < -0.4 is 20.9 Å². The van der Waals surface area contributed by atoms with Crippen molar-refractivity contribution in [3.05, 3.63) is 52.5 Å². The van der Waals surface area contributed by atoms with Crippen molar-refractivity contribution in [1.82, 2.24) is 15.6 Å². The SMILES string of the molecule is CCNc1c(C(=O)NCCc2ccc(N3C[C@H]4CC[C@@H](C3)N4)cc2)sc2nc(C)ccc12. The second-order valence-corrected chi connectivity index (χ2v) is 9.86. The van der Waals surface area contributed by atoms with Gasteiger partial charge in [0.05, 0.1) is 5.69 Å². The number of benzene rings is 1. The molecule has 1 amide bonds. The summed E-state index contributed by atoms with van der Waals surface area (Å²) in [5, 5.41) is 11.2. The summed E-state index contributed by atoms with van der Waals surface area (Å²) in [6.45, 7) is 7.60. The van der Waals surface area contributed by atoms with E-state index in [0.29, 0.717) is 23.5 Å². The Labute approximate surface area is 193 Å². The predicted octanol–water partition coefficient (Wildman–Crippen LogP) is 3.95. The first-order valence-corrected chi connectivity index (χ1v) is 12.4. The zero-order valence-electron chi connectivity index (χ0n) is 18.8. The molecule has 5 rings (SSSR count). The number of piperazine rings is 1. The van der Waals surface area contributed by atoms with E-state index in [-0.39, 0.29) is 5.91 Å². The van der Waals surface area contributed by atoms with Crippen molar-refractivity contribution in [2.24, 2.45) is 0 Å². The summed E-state index contributed by atoms with van der Waals surface area (Å²) < 4.78 is 0. The molecule has 2 saturated heterocycles. The van der Waals surface area contributed by atoms with E-state index in [1.54, 1.807) is 0 Å². The van der Waals surface area contributed by atoms with Gasteiger partial charge in [0, 0.05) is 55.0 Å². The molecule has 2 aromatic heterocycles. The van der Waals surface area contributed by atoms with E-state index in [1.807, 2.05) is 26.0 Å².